The molecule has 31 heavy (non-hydrogen) atoms. The van der Waals surface area contributed by atoms with E-state index in [1.165, 1.54) is 12.1 Å². The van der Waals surface area contributed by atoms with E-state index < -0.39 is 0 Å². The van der Waals surface area contributed by atoms with E-state index >= 15 is 0 Å². The minimum atomic E-state index is -0.307. The predicted octanol–water partition coefficient (Wildman–Crippen LogP) is 3.51. The summed E-state index contributed by atoms with van der Waals surface area (Å²) >= 11 is 1.93. The van der Waals surface area contributed by atoms with Crippen molar-refractivity contribution in [3.05, 3.63) is 30.1 Å². The first-order valence-electron chi connectivity index (χ1n) is 10.8. The van der Waals surface area contributed by atoms with Crippen molar-refractivity contribution in [2.45, 2.75) is 44.8 Å². The van der Waals surface area contributed by atoms with Crippen molar-refractivity contribution >= 4 is 47.6 Å². The first-order chi connectivity index (χ1) is 14.5. The number of guanidine groups is 1. The van der Waals surface area contributed by atoms with Crippen LogP contribution in [-0.2, 0) is 4.79 Å². The van der Waals surface area contributed by atoms with E-state index in [2.05, 4.69) is 20.5 Å². The summed E-state index contributed by atoms with van der Waals surface area (Å²) in [4.78, 5) is 19.1. The molecule has 1 saturated carbocycles. The van der Waals surface area contributed by atoms with Gasteiger partial charge in [-0.2, -0.15) is 11.8 Å². The fraction of sp³-hybridized carbons (Fsp3) is 0.636. The molecule has 3 rings (SSSR count). The largest absolute Gasteiger partial charge is 0.489 e. The maximum Gasteiger partial charge on any atom is 0.225 e. The van der Waals surface area contributed by atoms with Gasteiger partial charge in [-0.25, -0.2) is 4.39 Å². The molecule has 2 fully saturated rings. The van der Waals surface area contributed by atoms with Crippen LogP contribution in [0.1, 0.15) is 32.6 Å². The molecule has 1 unspecified atom stereocenters. The smallest absolute Gasteiger partial charge is 0.225 e. The molecule has 1 amide bonds. The van der Waals surface area contributed by atoms with Gasteiger partial charge in [0.25, 0.3) is 0 Å². The molecule has 2 N–H and O–H groups in total. The molecule has 1 atom stereocenters. The summed E-state index contributed by atoms with van der Waals surface area (Å²) in [5, 5.41) is 6.75. The number of halogens is 2. The number of benzene rings is 1. The van der Waals surface area contributed by atoms with Gasteiger partial charge >= 0.3 is 0 Å². The van der Waals surface area contributed by atoms with Crippen molar-refractivity contribution in [1.29, 1.82) is 0 Å². The van der Waals surface area contributed by atoms with Crippen molar-refractivity contribution in [1.82, 2.24) is 15.5 Å². The number of thioether (sulfide) groups is 1. The summed E-state index contributed by atoms with van der Waals surface area (Å²) in [6.07, 6.45) is 3.65. The van der Waals surface area contributed by atoms with Crippen LogP contribution >= 0.6 is 35.7 Å². The first-order valence-corrected chi connectivity index (χ1v) is 12.0. The summed E-state index contributed by atoms with van der Waals surface area (Å²) in [5.74, 6) is 3.58. The van der Waals surface area contributed by atoms with E-state index in [4.69, 9.17) is 4.74 Å². The number of hydrogen-bond donors (Lipinski definition) is 2. The van der Waals surface area contributed by atoms with Crippen LogP contribution in [0.3, 0.4) is 0 Å². The Balaban J connectivity index is 0.00000341. The molecule has 0 radical (unpaired) electrons. The molecule has 0 spiro atoms. The first kappa shape index (κ1) is 26.0. The Kier molecular flexibility index (Phi) is 11.2. The molecule has 0 bridgehead atoms. The van der Waals surface area contributed by atoms with Crippen LogP contribution in [0.5, 0.6) is 5.75 Å². The zero-order valence-electron chi connectivity index (χ0n) is 18.3. The van der Waals surface area contributed by atoms with Gasteiger partial charge in [-0.05, 0) is 44.7 Å². The van der Waals surface area contributed by atoms with Gasteiger partial charge in [-0.3, -0.25) is 9.79 Å². The summed E-state index contributed by atoms with van der Waals surface area (Å²) in [6, 6.07) is 6.48. The molecule has 1 saturated heterocycles. The van der Waals surface area contributed by atoms with Crippen LogP contribution in [0, 0.1) is 11.7 Å². The summed E-state index contributed by atoms with van der Waals surface area (Å²) in [6.45, 7) is 4.28. The van der Waals surface area contributed by atoms with E-state index in [1.54, 1.807) is 19.2 Å². The lowest BCUT2D eigenvalue weighted by Crippen LogP contribution is -2.48. The lowest BCUT2D eigenvalue weighted by molar-refractivity contribution is -0.136. The van der Waals surface area contributed by atoms with Crippen molar-refractivity contribution in [2.24, 2.45) is 10.9 Å². The Labute approximate surface area is 206 Å². The number of amides is 1. The molecular weight excluding hydrogens is 530 g/mol. The predicted molar refractivity (Wildman–Crippen MR) is 136 cm³/mol. The van der Waals surface area contributed by atoms with Gasteiger partial charge in [-0.15, -0.1) is 24.0 Å². The topological polar surface area (TPSA) is 66.0 Å². The molecule has 174 valence electrons. The molecule has 1 aliphatic carbocycles. The number of ether oxygens (including phenoxy) is 1. The standard InChI is InChI=1S/C22H33FN4O2S.HI/c1-16(29-20-5-3-4-18(23)14-20)15-25-22(24-2)26-19-8-6-17(7-9-19)21(28)27-10-12-30-13-11-27;/h3-5,14,16-17,19H,6-13,15H2,1-2H3,(H2,24,25,26);1H. The second kappa shape index (κ2) is 13.3. The van der Waals surface area contributed by atoms with E-state index in [9.17, 15) is 9.18 Å². The summed E-state index contributed by atoms with van der Waals surface area (Å²) in [7, 11) is 1.75. The van der Waals surface area contributed by atoms with Crippen LogP contribution in [0.15, 0.2) is 29.3 Å². The van der Waals surface area contributed by atoms with E-state index in [0.29, 0.717) is 24.2 Å². The summed E-state index contributed by atoms with van der Waals surface area (Å²) < 4.78 is 19.0. The average Bonchev–Trinajstić information content (AvgIpc) is 2.77. The number of hydrogen-bond acceptors (Lipinski definition) is 4. The zero-order valence-corrected chi connectivity index (χ0v) is 21.5. The lowest BCUT2D eigenvalue weighted by Gasteiger charge is -2.34. The highest BCUT2D eigenvalue weighted by atomic mass is 127. The van der Waals surface area contributed by atoms with Crippen molar-refractivity contribution in [3.8, 4) is 5.75 Å². The molecule has 1 aromatic rings. The third kappa shape index (κ3) is 8.32. The number of carbonyl (C=O) groups is 1. The Morgan fingerprint density at radius 1 is 1.29 bits per heavy atom. The number of nitrogens with one attached hydrogen (secondary N) is 2. The Bertz CT molecular complexity index is 725. The fourth-order valence-electron chi connectivity index (χ4n) is 3.97. The van der Waals surface area contributed by atoms with Crippen LogP contribution in [0.25, 0.3) is 0 Å². The molecule has 9 heteroatoms. The van der Waals surface area contributed by atoms with Crippen LogP contribution in [0.2, 0.25) is 0 Å². The number of nitrogens with zero attached hydrogens (tertiary/aromatic N) is 2. The normalized spacial score (nSPS) is 22.8. The van der Waals surface area contributed by atoms with Gasteiger partial charge in [0.15, 0.2) is 5.96 Å². The third-order valence-corrected chi connectivity index (χ3v) is 6.60. The van der Waals surface area contributed by atoms with Crippen molar-refractivity contribution in [3.63, 3.8) is 0 Å². The molecule has 1 aliphatic heterocycles. The second-order valence-electron chi connectivity index (χ2n) is 7.97. The van der Waals surface area contributed by atoms with Gasteiger partial charge < -0.3 is 20.3 Å². The Morgan fingerprint density at radius 2 is 2.00 bits per heavy atom. The Morgan fingerprint density at radius 3 is 2.65 bits per heavy atom. The van der Waals surface area contributed by atoms with E-state index in [1.807, 2.05) is 18.7 Å². The highest BCUT2D eigenvalue weighted by Gasteiger charge is 2.30. The van der Waals surface area contributed by atoms with Crippen LogP contribution < -0.4 is 15.4 Å². The number of rotatable bonds is 6. The average molecular weight is 565 g/mol. The molecule has 1 heterocycles. The van der Waals surface area contributed by atoms with Gasteiger partial charge in [0.05, 0.1) is 6.54 Å². The Hall–Kier alpha value is -1.23. The fourth-order valence-corrected chi connectivity index (χ4v) is 4.87. The maximum atomic E-state index is 13.3. The SMILES string of the molecule is CN=C(NCC(C)Oc1cccc(F)c1)NC1CCC(C(=O)N2CCSCC2)CC1.I. The van der Waals surface area contributed by atoms with Gasteiger partial charge in [-0.1, -0.05) is 6.07 Å². The second-order valence-corrected chi connectivity index (χ2v) is 9.19. The molecule has 6 nitrogen and oxygen atoms in total. The maximum absolute atomic E-state index is 13.3. The van der Waals surface area contributed by atoms with Gasteiger partial charge in [0, 0.05) is 49.7 Å². The third-order valence-electron chi connectivity index (χ3n) is 5.65. The quantitative estimate of drug-likeness (QED) is 0.315. The molecular formula is C22H34FIN4O2S. The number of carbonyl (C=O) groups excluding carboxylic acids is 1. The van der Waals surface area contributed by atoms with Crippen molar-refractivity contribution < 1.29 is 13.9 Å². The highest BCUT2D eigenvalue weighted by Crippen LogP contribution is 2.27. The minimum Gasteiger partial charge on any atom is -0.489 e. The zero-order chi connectivity index (χ0) is 21.3. The minimum absolute atomic E-state index is 0. The van der Waals surface area contributed by atoms with E-state index in [0.717, 1.165) is 56.2 Å². The monoisotopic (exact) mass is 564 g/mol. The molecule has 2 aliphatic rings. The van der Waals surface area contributed by atoms with Crippen LogP contribution in [-0.4, -0.2) is 67.1 Å². The van der Waals surface area contributed by atoms with E-state index in [-0.39, 0.29) is 41.8 Å². The lowest BCUT2D eigenvalue weighted by atomic mass is 9.85. The van der Waals surface area contributed by atoms with Gasteiger partial charge in [0.2, 0.25) is 5.91 Å². The van der Waals surface area contributed by atoms with Crippen molar-refractivity contribution in [2.75, 3.05) is 38.2 Å². The van der Waals surface area contributed by atoms with Gasteiger partial charge in [0.1, 0.15) is 17.7 Å². The van der Waals surface area contributed by atoms with Crippen LogP contribution in [0.4, 0.5) is 4.39 Å². The number of aliphatic imine (C=N–C) groups is 1. The summed E-state index contributed by atoms with van der Waals surface area (Å²) in [5.41, 5.74) is 0. The molecule has 0 aromatic heterocycles. The highest BCUT2D eigenvalue weighted by molar-refractivity contribution is 14.0. The molecule has 1 aromatic carbocycles.